The van der Waals surface area contributed by atoms with Crippen molar-refractivity contribution in [1.82, 2.24) is 5.32 Å². The molecular formula is C21H28ClNO2. The Kier molecular flexibility index (Phi) is 7.60. The van der Waals surface area contributed by atoms with Crippen LogP contribution in [0.15, 0.2) is 42.5 Å². The molecule has 2 rings (SSSR count). The van der Waals surface area contributed by atoms with Crippen LogP contribution in [0.4, 0.5) is 0 Å². The maximum Gasteiger partial charge on any atom is 0.180 e. The molecule has 0 radical (unpaired) electrons. The molecule has 3 nitrogen and oxygen atoms in total. The number of benzene rings is 2. The van der Waals surface area contributed by atoms with Crippen LogP contribution in [0.25, 0.3) is 0 Å². The van der Waals surface area contributed by atoms with E-state index in [1.807, 2.05) is 26.0 Å². The van der Waals surface area contributed by atoms with Crippen LogP contribution >= 0.6 is 11.6 Å². The van der Waals surface area contributed by atoms with Gasteiger partial charge in [-0.3, -0.25) is 0 Å². The number of halogens is 1. The van der Waals surface area contributed by atoms with Crippen molar-refractivity contribution >= 4 is 11.6 Å². The van der Waals surface area contributed by atoms with E-state index in [2.05, 4.69) is 42.6 Å². The zero-order valence-electron chi connectivity index (χ0n) is 15.5. The summed E-state index contributed by atoms with van der Waals surface area (Å²) in [6, 6.07) is 14.9. The first-order valence-electron chi connectivity index (χ1n) is 8.80. The van der Waals surface area contributed by atoms with E-state index in [4.69, 9.17) is 21.1 Å². The van der Waals surface area contributed by atoms with Crippen molar-refractivity contribution in [2.24, 2.45) is 0 Å². The molecule has 0 aliphatic carbocycles. The molecule has 0 saturated heterocycles. The summed E-state index contributed by atoms with van der Waals surface area (Å²) < 4.78 is 11.2. The maximum absolute atomic E-state index is 6.38. The second-order valence-corrected chi connectivity index (χ2v) is 6.99. The molecule has 0 spiro atoms. The van der Waals surface area contributed by atoms with Gasteiger partial charge in [-0.15, -0.1) is 0 Å². The maximum atomic E-state index is 6.38. The summed E-state index contributed by atoms with van der Waals surface area (Å²) in [5.41, 5.74) is 2.46. The highest BCUT2D eigenvalue weighted by Gasteiger charge is 2.14. The fourth-order valence-electron chi connectivity index (χ4n) is 2.65. The van der Waals surface area contributed by atoms with Crippen LogP contribution in [-0.4, -0.2) is 19.3 Å². The Labute approximate surface area is 156 Å². The Morgan fingerprint density at radius 2 is 1.76 bits per heavy atom. The quantitative estimate of drug-likeness (QED) is 0.662. The third kappa shape index (κ3) is 6.26. The monoisotopic (exact) mass is 361 g/mol. The number of aryl methyl sites for hydroxylation is 1. The molecule has 0 aromatic heterocycles. The van der Waals surface area contributed by atoms with E-state index in [0.29, 0.717) is 22.6 Å². The number of nitrogens with one attached hydrogen (secondary N) is 1. The average Bonchev–Trinajstić information content (AvgIpc) is 2.60. The summed E-state index contributed by atoms with van der Waals surface area (Å²) in [4.78, 5) is 0. The van der Waals surface area contributed by atoms with Crippen molar-refractivity contribution in [3.8, 4) is 11.5 Å². The molecule has 0 aliphatic heterocycles. The Morgan fingerprint density at radius 1 is 1.04 bits per heavy atom. The van der Waals surface area contributed by atoms with Crippen LogP contribution in [0, 0.1) is 0 Å². The topological polar surface area (TPSA) is 30.5 Å². The summed E-state index contributed by atoms with van der Waals surface area (Å²) in [6.07, 6.45) is 2.21. The van der Waals surface area contributed by atoms with Gasteiger partial charge >= 0.3 is 0 Å². The van der Waals surface area contributed by atoms with Gasteiger partial charge in [0.2, 0.25) is 0 Å². The Bertz CT molecular complexity index is 658. The van der Waals surface area contributed by atoms with E-state index in [1.54, 1.807) is 7.11 Å². The Balaban J connectivity index is 1.92. The third-order valence-corrected chi connectivity index (χ3v) is 4.29. The highest BCUT2D eigenvalue weighted by Crippen LogP contribution is 2.37. The predicted molar refractivity (Wildman–Crippen MR) is 105 cm³/mol. The molecule has 0 fully saturated rings. The molecule has 136 valence electrons. The first kappa shape index (κ1) is 19.6. The van der Waals surface area contributed by atoms with Crippen molar-refractivity contribution in [3.05, 3.63) is 58.6 Å². The average molecular weight is 362 g/mol. The number of rotatable bonds is 9. The van der Waals surface area contributed by atoms with E-state index < -0.39 is 0 Å². The highest BCUT2D eigenvalue weighted by molar-refractivity contribution is 6.32. The molecule has 0 unspecified atom stereocenters. The Morgan fingerprint density at radius 3 is 2.40 bits per heavy atom. The number of methoxy groups -OCH3 is 1. The van der Waals surface area contributed by atoms with Crippen LogP contribution in [0.1, 0.15) is 38.3 Å². The molecule has 2 aromatic rings. The van der Waals surface area contributed by atoms with Crippen molar-refractivity contribution in [3.63, 3.8) is 0 Å². The molecule has 25 heavy (non-hydrogen) atoms. The largest absolute Gasteiger partial charge is 0.493 e. The minimum Gasteiger partial charge on any atom is -0.493 e. The molecule has 0 saturated carbocycles. The van der Waals surface area contributed by atoms with Crippen LogP contribution in [0.2, 0.25) is 5.02 Å². The van der Waals surface area contributed by atoms with Crippen molar-refractivity contribution in [2.75, 3.05) is 7.11 Å². The first-order valence-corrected chi connectivity index (χ1v) is 9.17. The molecule has 0 aliphatic rings. The normalized spacial score (nSPS) is 12.2. The van der Waals surface area contributed by atoms with Gasteiger partial charge in [0.05, 0.1) is 18.2 Å². The SMILES string of the molecule is COc1cc(CN[C@@H](C)CCc2ccccc2)cc(Cl)c1OC(C)C. The fraction of sp³-hybridized carbons (Fsp3) is 0.429. The molecule has 0 amide bonds. The van der Waals surface area contributed by atoms with E-state index in [-0.39, 0.29) is 6.10 Å². The second kappa shape index (κ2) is 9.69. The molecule has 2 aromatic carbocycles. The van der Waals surface area contributed by atoms with Crippen LogP contribution in [0.3, 0.4) is 0 Å². The summed E-state index contributed by atoms with van der Waals surface area (Å²) in [5.74, 6) is 1.29. The zero-order valence-corrected chi connectivity index (χ0v) is 16.3. The third-order valence-electron chi connectivity index (χ3n) is 4.01. The summed E-state index contributed by atoms with van der Waals surface area (Å²) >= 11 is 6.38. The van der Waals surface area contributed by atoms with Crippen molar-refractivity contribution < 1.29 is 9.47 Å². The summed E-state index contributed by atoms with van der Waals surface area (Å²) in [6.45, 7) is 6.89. The van der Waals surface area contributed by atoms with Gasteiger partial charge in [-0.1, -0.05) is 41.9 Å². The molecule has 0 bridgehead atoms. The van der Waals surface area contributed by atoms with Gasteiger partial charge in [0, 0.05) is 12.6 Å². The lowest BCUT2D eigenvalue weighted by molar-refractivity contribution is 0.230. The molecular weight excluding hydrogens is 334 g/mol. The van der Waals surface area contributed by atoms with E-state index in [0.717, 1.165) is 24.9 Å². The minimum absolute atomic E-state index is 0.0494. The number of hydrogen-bond acceptors (Lipinski definition) is 3. The zero-order chi connectivity index (χ0) is 18.2. The lowest BCUT2D eigenvalue weighted by Gasteiger charge is -2.18. The van der Waals surface area contributed by atoms with Gasteiger partial charge in [0.25, 0.3) is 0 Å². The van der Waals surface area contributed by atoms with Gasteiger partial charge in [-0.25, -0.2) is 0 Å². The summed E-state index contributed by atoms with van der Waals surface area (Å²) in [5, 5.41) is 4.14. The lowest BCUT2D eigenvalue weighted by Crippen LogP contribution is -2.26. The summed E-state index contributed by atoms with van der Waals surface area (Å²) in [7, 11) is 1.64. The van der Waals surface area contributed by atoms with Gasteiger partial charge in [0.15, 0.2) is 11.5 Å². The van der Waals surface area contributed by atoms with Gasteiger partial charge in [-0.2, -0.15) is 0 Å². The van der Waals surface area contributed by atoms with Crippen LogP contribution in [-0.2, 0) is 13.0 Å². The van der Waals surface area contributed by atoms with Crippen LogP contribution in [0.5, 0.6) is 11.5 Å². The standard InChI is InChI=1S/C21H28ClNO2/c1-15(2)25-21-19(22)12-18(13-20(21)24-4)14-23-16(3)10-11-17-8-6-5-7-9-17/h5-9,12-13,15-16,23H,10-11,14H2,1-4H3/t16-/m0/s1. The van der Waals surface area contributed by atoms with E-state index >= 15 is 0 Å². The molecule has 1 N–H and O–H groups in total. The first-order chi connectivity index (χ1) is 12.0. The van der Waals surface area contributed by atoms with Gasteiger partial charge in [-0.05, 0) is 56.9 Å². The molecule has 1 atom stereocenters. The van der Waals surface area contributed by atoms with Crippen molar-refractivity contribution in [1.29, 1.82) is 0 Å². The lowest BCUT2D eigenvalue weighted by atomic mass is 10.1. The Hall–Kier alpha value is -1.71. The van der Waals surface area contributed by atoms with E-state index in [1.165, 1.54) is 5.56 Å². The van der Waals surface area contributed by atoms with Gasteiger partial charge in [0.1, 0.15) is 0 Å². The smallest absolute Gasteiger partial charge is 0.180 e. The second-order valence-electron chi connectivity index (χ2n) is 6.58. The van der Waals surface area contributed by atoms with Crippen LogP contribution < -0.4 is 14.8 Å². The predicted octanol–water partition coefficient (Wildman–Crippen LogP) is 5.25. The number of ether oxygens (including phenoxy) is 2. The van der Waals surface area contributed by atoms with E-state index in [9.17, 15) is 0 Å². The van der Waals surface area contributed by atoms with Gasteiger partial charge < -0.3 is 14.8 Å². The highest BCUT2D eigenvalue weighted by atomic mass is 35.5. The molecule has 0 heterocycles. The fourth-order valence-corrected chi connectivity index (χ4v) is 2.93. The number of hydrogen-bond donors (Lipinski definition) is 1. The minimum atomic E-state index is 0.0494. The molecule has 4 heteroatoms. The van der Waals surface area contributed by atoms with Crippen molar-refractivity contribution in [2.45, 2.75) is 52.3 Å².